The molecule has 2 N–H and O–H groups in total. The fourth-order valence-corrected chi connectivity index (χ4v) is 6.33. The second-order valence-electron chi connectivity index (χ2n) is 11.4. The smallest absolute Gasteiger partial charge is 0.345 e. The summed E-state index contributed by atoms with van der Waals surface area (Å²) in [5.41, 5.74) is 2.52. The van der Waals surface area contributed by atoms with Crippen molar-refractivity contribution in [3.05, 3.63) is 106 Å². The average Bonchev–Trinajstić information content (AvgIpc) is 3.09. The summed E-state index contributed by atoms with van der Waals surface area (Å²) in [7, 11) is 0. The first-order chi connectivity index (χ1) is 23.3. The highest BCUT2D eigenvalue weighted by Gasteiger charge is 2.31. The summed E-state index contributed by atoms with van der Waals surface area (Å²) in [5.74, 6) is -0.449. The lowest BCUT2D eigenvalue weighted by Crippen LogP contribution is -2.54. The Morgan fingerprint density at radius 3 is 1.77 bits per heavy atom. The lowest BCUT2D eigenvalue weighted by atomic mass is 10.1. The number of ether oxygens (including phenoxy) is 1. The number of amides is 4. The molecule has 250 valence electrons. The average molecular weight is 712 g/mol. The Bertz CT molecular complexity index is 1750. The lowest BCUT2D eigenvalue weighted by Gasteiger charge is -2.35. The van der Waals surface area contributed by atoms with E-state index in [1.165, 1.54) is 11.1 Å². The third-order valence-electron chi connectivity index (χ3n) is 8.17. The zero-order valence-electron chi connectivity index (χ0n) is 26.0. The number of hydrogen-bond donors (Lipinski definition) is 2. The van der Waals surface area contributed by atoms with Gasteiger partial charge in [-0.1, -0.05) is 34.8 Å². The number of morpholine rings is 1. The molecular weight excluding hydrogens is 678 g/mol. The summed E-state index contributed by atoms with van der Waals surface area (Å²) in [4.78, 5) is 32.6. The van der Waals surface area contributed by atoms with Crippen LogP contribution in [-0.4, -0.2) is 51.5 Å². The number of halogens is 4. The van der Waals surface area contributed by atoms with Gasteiger partial charge in [0.05, 0.1) is 41.0 Å². The molecule has 4 aromatic carbocycles. The van der Waals surface area contributed by atoms with Crippen molar-refractivity contribution in [3.63, 3.8) is 0 Å². The van der Waals surface area contributed by atoms with Crippen LogP contribution in [0.25, 0.3) is 0 Å². The largest absolute Gasteiger partial charge is 0.378 e. The highest BCUT2D eigenvalue weighted by Crippen LogP contribution is 2.34. The van der Waals surface area contributed by atoms with E-state index in [0.29, 0.717) is 64.1 Å². The minimum atomic E-state index is -0.734. The number of carbonyl (C=O) groups is 2. The summed E-state index contributed by atoms with van der Waals surface area (Å²) in [5, 5.41) is 9.25. The van der Waals surface area contributed by atoms with Crippen molar-refractivity contribution in [1.29, 1.82) is 0 Å². The molecule has 0 radical (unpaired) electrons. The van der Waals surface area contributed by atoms with E-state index in [2.05, 4.69) is 15.5 Å². The van der Waals surface area contributed by atoms with Crippen molar-refractivity contribution in [2.24, 2.45) is 0 Å². The van der Waals surface area contributed by atoms with Gasteiger partial charge < -0.3 is 25.2 Å². The monoisotopic (exact) mass is 710 g/mol. The van der Waals surface area contributed by atoms with Crippen molar-refractivity contribution in [2.75, 3.05) is 69.8 Å². The lowest BCUT2D eigenvalue weighted by molar-refractivity contribution is 0.122. The molecule has 0 unspecified atom stereocenters. The Labute approximate surface area is 293 Å². The minimum Gasteiger partial charge on any atom is -0.378 e. The number of nitrogens with one attached hydrogen (secondary N) is 2. The van der Waals surface area contributed by atoms with E-state index < -0.39 is 17.9 Å². The topological polar surface area (TPSA) is 80.4 Å². The van der Waals surface area contributed by atoms with Gasteiger partial charge in [-0.25, -0.2) is 14.0 Å². The van der Waals surface area contributed by atoms with Gasteiger partial charge >= 0.3 is 12.1 Å². The quantitative estimate of drug-likeness (QED) is 0.195. The third kappa shape index (κ3) is 7.90. The molecule has 4 amide bonds. The number of urea groups is 2. The molecule has 0 aliphatic carbocycles. The van der Waals surface area contributed by atoms with Gasteiger partial charge in [0, 0.05) is 47.6 Å². The molecule has 0 bridgehead atoms. The Balaban J connectivity index is 1.38. The molecule has 13 heteroatoms. The fourth-order valence-electron chi connectivity index (χ4n) is 5.78. The molecule has 2 aliphatic heterocycles. The van der Waals surface area contributed by atoms with Gasteiger partial charge in [0.1, 0.15) is 5.82 Å². The van der Waals surface area contributed by atoms with Gasteiger partial charge in [-0.15, -0.1) is 0 Å². The predicted octanol–water partition coefficient (Wildman–Crippen LogP) is 9.30. The molecule has 48 heavy (non-hydrogen) atoms. The van der Waals surface area contributed by atoms with Crippen LogP contribution in [0.15, 0.2) is 84.9 Å². The highest BCUT2D eigenvalue weighted by molar-refractivity contribution is 6.34. The Hall–Kier alpha value is -4.22. The van der Waals surface area contributed by atoms with Crippen LogP contribution < -0.4 is 30.5 Å². The summed E-state index contributed by atoms with van der Waals surface area (Å²) < 4.78 is 20.9. The molecule has 2 saturated heterocycles. The van der Waals surface area contributed by atoms with Gasteiger partial charge in [0.15, 0.2) is 0 Å². The minimum absolute atomic E-state index is 0.219. The molecule has 2 fully saturated rings. The number of hydrogen-bond acceptors (Lipinski definition) is 5. The SMILES string of the molecule is O=C(Nc1ccc(N2CCCCC2)c(F)c1)N(c1ccc(Cl)cc1)N(C(=O)Nc1ccc(Cl)cc1)c1ccc(N2CCOCC2)c(Cl)c1. The van der Waals surface area contributed by atoms with Gasteiger partial charge in [0.25, 0.3) is 0 Å². The van der Waals surface area contributed by atoms with E-state index in [9.17, 15) is 9.59 Å². The molecule has 6 rings (SSSR count). The summed E-state index contributed by atoms with van der Waals surface area (Å²) in [6, 6.07) is 21.3. The highest BCUT2D eigenvalue weighted by atomic mass is 35.5. The van der Waals surface area contributed by atoms with Crippen LogP contribution in [0.2, 0.25) is 15.1 Å². The van der Waals surface area contributed by atoms with Gasteiger partial charge in [0.2, 0.25) is 0 Å². The Morgan fingerprint density at radius 1 is 0.625 bits per heavy atom. The normalized spacial score (nSPS) is 14.8. The second kappa shape index (κ2) is 15.3. The first kappa shape index (κ1) is 33.7. The molecule has 0 aromatic heterocycles. The van der Waals surface area contributed by atoms with Gasteiger partial charge in [-0.3, -0.25) is 0 Å². The summed E-state index contributed by atoms with van der Waals surface area (Å²) >= 11 is 19.1. The number of benzene rings is 4. The zero-order chi connectivity index (χ0) is 33.6. The van der Waals surface area contributed by atoms with E-state index in [1.807, 2.05) is 4.90 Å². The molecule has 4 aromatic rings. The fraction of sp³-hybridized carbons (Fsp3) is 0.257. The van der Waals surface area contributed by atoms with Crippen molar-refractivity contribution in [1.82, 2.24) is 0 Å². The summed E-state index contributed by atoms with van der Waals surface area (Å²) in [6.07, 6.45) is 3.12. The Kier molecular flexibility index (Phi) is 10.8. The van der Waals surface area contributed by atoms with Crippen molar-refractivity contribution in [3.8, 4) is 0 Å². The van der Waals surface area contributed by atoms with Crippen molar-refractivity contribution in [2.45, 2.75) is 19.3 Å². The molecule has 0 atom stereocenters. The standard InChI is InChI=1S/C35H34Cl3FN6O3/c36-24-4-8-26(9-5-24)40-34(46)45(29-13-15-32(30(38)23-29)43-18-20-48-21-19-43)44(28-11-6-25(37)7-12-28)35(47)41-27-10-14-33(31(39)22-27)42-16-2-1-3-17-42/h4-15,22-23H,1-3,16-21H2,(H,40,46)(H,41,47). The third-order valence-corrected chi connectivity index (χ3v) is 8.98. The number of piperidine rings is 1. The number of rotatable bonds is 6. The Morgan fingerprint density at radius 2 is 1.15 bits per heavy atom. The van der Waals surface area contributed by atoms with E-state index in [-0.39, 0.29) is 5.69 Å². The molecule has 0 saturated carbocycles. The second-order valence-corrected chi connectivity index (χ2v) is 12.7. The molecule has 2 aliphatic rings. The van der Waals surface area contributed by atoms with Crippen LogP contribution in [0.3, 0.4) is 0 Å². The van der Waals surface area contributed by atoms with Crippen LogP contribution in [0.4, 0.5) is 48.1 Å². The number of nitrogens with zero attached hydrogens (tertiary/aromatic N) is 4. The molecule has 2 heterocycles. The molecule has 9 nitrogen and oxygen atoms in total. The first-order valence-electron chi connectivity index (χ1n) is 15.7. The predicted molar refractivity (Wildman–Crippen MR) is 193 cm³/mol. The van der Waals surface area contributed by atoms with Crippen LogP contribution in [0.1, 0.15) is 19.3 Å². The van der Waals surface area contributed by atoms with E-state index in [1.54, 1.807) is 78.9 Å². The van der Waals surface area contributed by atoms with E-state index in [4.69, 9.17) is 39.5 Å². The van der Waals surface area contributed by atoms with Crippen molar-refractivity contribution < 1.29 is 18.7 Å². The maximum atomic E-state index is 15.4. The van der Waals surface area contributed by atoms with Crippen LogP contribution in [-0.2, 0) is 4.74 Å². The van der Waals surface area contributed by atoms with Crippen LogP contribution in [0.5, 0.6) is 0 Å². The molecular formula is C35H34Cl3FN6O3. The van der Waals surface area contributed by atoms with Crippen molar-refractivity contribution >= 4 is 81.0 Å². The number of hydrazine groups is 1. The molecule has 0 spiro atoms. The maximum absolute atomic E-state index is 15.4. The van der Waals surface area contributed by atoms with Gasteiger partial charge in [-0.2, -0.15) is 10.0 Å². The first-order valence-corrected chi connectivity index (χ1v) is 16.8. The number of carbonyl (C=O) groups excluding carboxylic acids is 2. The van der Waals surface area contributed by atoms with E-state index in [0.717, 1.165) is 43.0 Å². The van der Waals surface area contributed by atoms with E-state index >= 15 is 4.39 Å². The summed E-state index contributed by atoms with van der Waals surface area (Å²) in [6.45, 7) is 4.00. The maximum Gasteiger partial charge on any atom is 0.345 e. The number of anilines is 6. The van der Waals surface area contributed by atoms with Crippen LogP contribution in [0, 0.1) is 5.82 Å². The van der Waals surface area contributed by atoms with Gasteiger partial charge in [-0.05, 0) is 104 Å². The zero-order valence-corrected chi connectivity index (χ0v) is 28.2. The van der Waals surface area contributed by atoms with Crippen LogP contribution >= 0.6 is 34.8 Å².